The van der Waals surface area contributed by atoms with E-state index in [9.17, 15) is 13.2 Å². The van der Waals surface area contributed by atoms with Gasteiger partial charge in [-0.25, -0.2) is 8.42 Å². The predicted octanol–water partition coefficient (Wildman–Crippen LogP) is 1.02. The van der Waals surface area contributed by atoms with Crippen molar-refractivity contribution in [2.24, 2.45) is 5.73 Å². The molecule has 22 heavy (non-hydrogen) atoms. The molecular formula is C14H23N3O3S2. The molecule has 8 heteroatoms. The first kappa shape index (κ1) is 17.4. The minimum Gasteiger partial charge on any atom is -0.342 e. The van der Waals surface area contributed by atoms with Crippen LogP contribution in [-0.2, 0) is 14.8 Å². The number of aryl methyl sites for hydroxylation is 1. The molecule has 124 valence electrons. The van der Waals surface area contributed by atoms with E-state index >= 15 is 0 Å². The van der Waals surface area contributed by atoms with Crippen LogP contribution in [-0.4, -0.2) is 55.2 Å². The first-order chi connectivity index (χ1) is 10.3. The van der Waals surface area contributed by atoms with Gasteiger partial charge < -0.3 is 10.6 Å². The second kappa shape index (κ2) is 6.66. The average molecular weight is 345 g/mol. The molecule has 2 N–H and O–H groups in total. The summed E-state index contributed by atoms with van der Waals surface area (Å²) in [5.74, 6) is -0.158. The lowest BCUT2D eigenvalue weighted by Gasteiger charge is -2.27. The van der Waals surface area contributed by atoms with Gasteiger partial charge in [0.05, 0.1) is 0 Å². The van der Waals surface area contributed by atoms with Crippen LogP contribution in [0.25, 0.3) is 0 Å². The Morgan fingerprint density at radius 2 is 2.05 bits per heavy atom. The lowest BCUT2D eigenvalue weighted by atomic mass is 10.1. The summed E-state index contributed by atoms with van der Waals surface area (Å²) in [7, 11) is -3.67. The van der Waals surface area contributed by atoms with Crippen molar-refractivity contribution < 1.29 is 13.2 Å². The van der Waals surface area contributed by atoms with Gasteiger partial charge >= 0.3 is 0 Å². The highest BCUT2D eigenvalue weighted by Gasteiger charge is 2.44. The van der Waals surface area contributed by atoms with Crippen molar-refractivity contribution in [1.82, 2.24) is 9.21 Å². The van der Waals surface area contributed by atoms with Crippen LogP contribution in [0.15, 0.2) is 16.3 Å². The lowest BCUT2D eigenvalue weighted by Crippen LogP contribution is -2.47. The average Bonchev–Trinajstić information content (AvgIpc) is 3.06. The zero-order valence-corrected chi connectivity index (χ0v) is 14.8. The van der Waals surface area contributed by atoms with Gasteiger partial charge in [-0.2, -0.15) is 4.31 Å². The molecule has 0 saturated carbocycles. The summed E-state index contributed by atoms with van der Waals surface area (Å²) in [6.07, 6.45) is 0.374. The van der Waals surface area contributed by atoms with Crippen LogP contribution in [0.2, 0.25) is 0 Å². The fourth-order valence-electron chi connectivity index (χ4n) is 2.74. The number of thiophene rings is 1. The van der Waals surface area contributed by atoms with Crippen LogP contribution < -0.4 is 5.73 Å². The van der Waals surface area contributed by atoms with Crippen molar-refractivity contribution in [2.45, 2.75) is 43.5 Å². The molecule has 2 rings (SSSR count). The van der Waals surface area contributed by atoms with Gasteiger partial charge in [-0.3, -0.25) is 4.79 Å². The number of carbonyl (C=O) groups excluding carboxylic acids is 1. The van der Waals surface area contributed by atoms with Gasteiger partial charge in [0.25, 0.3) is 10.0 Å². The largest absolute Gasteiger partial charge is 0.342 e. The molecular weight excluding hydrogens is 322 g/mol. The molecule has 0 aliphatic carbocycles. The zero-order chi connectivity index (χ0) is 16.5. The van der Waals surface area contributed by atoms with Crippen molar-refractivity contribution in [2.75, 3.05) is 19.6 Å². The number of nitrogens with two attached hydrogens (primary N) is 1. The normalized spacial score (nSPS) is 22.9. The highest BCUT2D eigenvalue weighted by molar-refractivity contribution is 7.91. The molecule has 0 radical (unpaired) electrons. The number of carbonyl (C=O) groups is 1. The molecule has 2 atom stereocenters. The van der Waals surface area contributed by atoms with Crippen molar-refractivity contribution in [3.05, 3.63) is 17.0 Å². The molecule has 1 aliphatic rings. The fourth-order valence-corrected chi connectivity index (χ4v) is 5.80. The number of hydrogen-bond acceptors (Lipinski definition) is 5. The highest BCUT2D eigenvalue weighted by Crippen LogP contribution is 2.30. The topological polar surface area (TPSA) is 83.7 Å². The Labute approximate surface area is 135 Å². The molecule has 1 aliphatic heterocycles. The van der Waals surface area contributed by atoms with Crippen molar-refractivity contribution in [3.63, 3.8) is 0 Å². The Balaban J connectivity index is 2.33. The van der Waals surface area contributed by atoms with Crippen LogP contribution in [0.1, 0.15) is 25.1 Å². The molecule has 1 fully saturated rings. The third kappa shape index (κ3) is 3.19. The lowest BCUT2D eigenvalue weighted by molar-refractivity contribution is -0.134. The molecule has 1 aromatic heterocycles. The van der Waals surface area contributed by atoms with E-state index in [1.54, 1.807) is 17.0 Å². The van der Waals surface area contributed by atoms with Gasteiger partial charge in [-0.05, 0) is 39.3 Å². The molecule has 6 nitrogen and oxygen atoms in total. The Morgan fingerprint density at radius 3 is 2.55 bits per heavy atom. The maximum Gasteiger partial charge on any atom is 0.253 e. The third-order valence-corrected chi connectivity index (χ3v) is 7.27. The number of likely N-dealkylation sites (N-methyl/N-ethyl adjacent to an activating group) is 1. The van der Waals surface area contributed by atoms with E-state index in [0.29, 0.717) is 19.5 Å². The van der Waals surface area contributed by atoms with Crippen molar-refractivity contribution in [3.8, 4) is 0 Å². The third-order valence-electron chi connectivity index (χ3n) is 3.93. The SMILES string of the molecule is CCN(CC)C(=O)[C@@H]1C[C@@H](N)CN1S(=O)(=O)c1ccc(C)s1. The Kier molecular flexibility index (Phi) is 5.26. The van der Waals surface area contributed by atoms with Crippen LogP contribution in [0.3, 0.4) is 0 Å². The number of amides is 1. The molecule has 1 saturated heterocycles. The first-order valence-corrected chi connectivity index (χ1v) is 9.69. The Morgan fingerprint density at radius 1 is 1.41 bits per heavy atom. The van der Waals surface area contributed by atoms with E-state index in [0.717, 1.165) is 4.88 Å². The first-order valence-electron chi connectivity index (χ1n) is 7.43. The van der Waals surface area contributed by atoms with Gasteiger partial charge in [-0.15, -0.1) is 11.3 Å². The fraction of sp³-hybridized carbons (Fsp3) is 0.643. The van der Waals surface area contributed by atoms with Gasteiger partial charge in [0.15, 0.2) is 0 Å². The summed E-state index contributed by atoms with van der Waals surface area (Å²) in [5.41, 5.74) is 5.94. The highest BCUT2D eigenvalue weighted by atomic mass is 32.2. The quantitative estimate of drug-likeness (QED) is 0.863. The smallest absolute Gasteiger partial charge is 0.253 e. The molecule has 0 unspecified atom stereocenters. The van der Waals surface area contributed by atoms with Crippen LogP contribution in [0.4, 0.5) is 0 Å². The minimum absolute atomic E-state index is 0.158. The molecule has 1 aromatic rings. The van der Waals surface area contributed by atoms with Crippen LogP contribution in [0.5, 0.6) is 0 Å². The molecule has 0 spiro atoms. The van der Waals surface area contributed by atoms with Gasteiger partial charge in [0, 0.05) is 30.6 Å². The summed E-state index contributed by atoms with van der Waals surface area (Å²) >= 11 is 1.22. The van der Waals surface area contributed by atoms with Gasteiger partial charge in [0.2, 0.25) is 5.91 Å². The van der Waals surface area contributed by atoms with E-state index in [1.165, 1.54) is 15.6 Å². The van der Waals surface area contributed by atoms with Crippen LogP contribution in [0, 0.1) is 6.92 Å². The van der Waals surface area contributed by atoms with Gasteiger partial charge in [-0.1, -0.05) is 0 Å². The summed E-state index contributed by atoms with van der Waals surface area (Å²) < 4.78 is 27.2. The number of sulfonamides is 1. The Hall–Kier alpha value is -0.960. The predicted molar refractivity (Wildman–Crippen MR) is 87.3 cm³/mol. The molecule has 0 bridgehead atoms. The Bertz CT molecular complexity index is 638. The molecule has 0 aromatic carbocycles. The van der Waals surface area contributed by atoms with E-state index in [-0.39, 0.29) is 22.7 Å². The molecule has 1 amide bonds. The van der Waals surface area contributed by atoms with E-state index in [1.807, 2.05) is 20.8 Å². The monoisotopic (exact) mass is 345 g/mol. The van der Waals surface area contributed by atoms with Crippen LogP contribution >= 0.6 is 11.3 Å². The number of hydrogen-bond donors (Lipinski definition) is 1. The van der Waals surface area contributed by atoms with E-state index in [2.05, 4.69) is 0 Å². The van der Waals surface area contributed by atoms with Crippen molar-refractivity contribution in [1.29, 1.82) is 0 Å². The second-order valence-corrected chi connectivity index (χ2v) is 8.87. The summed E-state index contributed by atoms with van der Waals surface area (Å²) in [5, 5.41) is 0. The maximum atomic E-state index is 12.8. The summed E-state index contributed by atoms with van der Waals surface area (Å²) in [6.45, 7) is 6.95. The maximum absolute atomic E-state index is 12.8. The second-order valence-electron chi connectivity index (χ2n) is 5.46. The molecule has 2 heterocycles. The number of nitrogens with zero attached hydrogens (tertiary/aromatic N) is 2. The summed E-state index contributed by atoms with van der Waals surface area (Å²) in [6, 6.07) is 2.37. The number of rotatable bonds is 5. The minimum atomic E-state index is -3.67. The van der Waals surface area contributed by atoms with Gasteiger partial charge in [0.1, 0.15) is 10.3 Å². The van der Waals surface area contributed by atoms with Crippen molar-refractivity contribution >= 4 is 27.3 Å². The van der Waals surface area contributed by atoms with E-state index < -0.39 is 16.1 Å². The zero-order valence-electron chi connectivity index (χ0n) is 13.2. The summed E-state index contributed by atoms with van der Waals surface area (Å²) in [4.78, 5) is 15.2. The van der Waals surface area contributed by atoms with E-state index in [4.69, 9.17) is 5.73 Å². The standard InChI is InChI=1S/C14H23N3O3S2/c1-4-16(5-2)14(18)12-8-11(15)9-17(12)22(19,20)13-7-6-10(3)21-13/h6-7,11-12H,4-5,8-9,15H2,1-3H3/t11-,12+/m1/s1.